The molecule has 1 aliphatic heterocycles. The SMILES string of the molecule is CCCCC1C(=O)NC(CC(=O)O)C(=O)NC(Cc2cnc[nH]2)C(=O)NC(Cc2ccc(O)cc2)C(=O)NC(CCCN=C(N)N)C(=O)NC(Cc2c[nH]c3ccccc23)C(=O)NC(CCCCN)C(=O)N1C(=O)C(CO)NC(=O)C(Cc1ccc(O)cc1)NC(=O)C(CO)NC(C)=O. The molecule has 10 atom stereocenters. The number of aliphatic imine (C=N–C) groups is 1. The number of imide groups is 1. The number of nitrogens with one attached hydrogen (secondary N) is 11. The molecular formula is C65H87N17O17. The van der Waals surface area contributed by atoms with Crippen LogP contribution in [0.1, 0.15) is 94.0 Å². The fourth-order valence-electron chi connectivity index (χ4n) is 10.9. The first-order valence-electron chi connectivity index (χ1n) is 32.2. The maximum Gasteiger partial charge on any atom is 0.305 e. The number of carbonyl (C=O) groups is 12. The van der Waals surface area contributed by atoms with Crippen LogP contribution in [0.4, 0.5) is 0 Å². The minimum absolute atomic E-state index is 0.0112. The van der Waals surface area contributed by atoms with E-state index < -0.39 is 170 Å². The van der Waals surface area contributed by atoms with Gasteiger partial charge in [-0.1, -0.05) is 62.2 Å². The lowest BCUT2D eigenvalue weighted by Crippen LogP contribution is -2.65. The number of H-pyrrole nitrogens is 2. The van der Waals surface area contributed by atoms with Crippen LogP contribution >= 0.6 is 0 Å². The summed E-state index contributed by atoms with van der Waals surface area (Å²) in [6, 6.07) is -0.672. The number of fused-ring (bicyclic) bond motifs is 1. The number of carbonyl (C=O) groups excluding carboxylic acids is 11. The van der Waals surface area contributed by atoms with Gasteiger partial charge in [-0.2, -0.15) is 0 Å². The Morgan fingerprint density at radius 1 is 0.606 bits per heavy atom. The number of aliphatic carboxylic acids is 1. The molecule has 34 heteroatoms. The van der Waals surface area contributed by atoms with Gasteiger partial charge in [0.15, 0.2) is 5.96 Å². The topological polar surface area (TPSA) is 552 Å². The number of amides is 11. The number of hydrogen-bond donors (Lipinski definition) is 19. The van der Waals surface area contributed by atoms with Crippen LogP contribution in [0.5, 0.6) is 11.5 Å². The van der Waals surface area contributed by atoms with Gasteiger partial charge in [-0.25, -0.2) is 4.98 Å². The van der Waals surface area contributed by atoms with Crippen molar-refractivity contribution in [3.05, 3.63) is 114 Å². The number of imidazole rings is 1. The number of phenols is 2. The first kappa shape index (κ1) is 77.0. The number of nitrogens with two attached hydrogens (primary N) is 3. The molecule has 0 bridgehead atoms. The molecule has 0 saturated carbocycles. The molecule has 2 aromatic heterocycles. The summed E-state index contributed by atoms with van der Waals surface area (Å²) in [7, 11) is 0. The molecule has 0 aliphatic carbocycles. The number of aromatic nitrogens is 3. The smallest absolute Gasteiger partial charge is 0.305 e. The summed E-state index contributed by atoms with van der Waals surface area (Å²) in [6.45, 7) is 0.383. The third-order valence-electron chi connectivity index (χ3n) is 16.1. The predicted octanol–water partition coefficient (Wildman–Crippen LogP) is -3.47. The van der Waals surface area contributed by atoms with Gasteiger partial charge in [-0.3, -0.25) is 67.4 Å². The van der Waals surface area contributed by atoms with E-state index in [-0.39, 0.29) is 94.0 Å². The molecule has 534 valence electrons. The van der Waals surface area contributed by atoms with Crippen molar-refractivity contribution in [3.8, 4) is 11.5 Å². The Labute approximate surface area is 568 Å². The average Bonchev–Trinajstić information content (AvgIpc) is 1.78. The zero-order chi connectivity index (χ0) is 72.3. The Hall–Kier alpha value is -11.0. The molecule has 1 saturated heterocycles. The van der Waals surface area contributed by atoms with Crippen molar-refractivity contribution < 1.29 is 83.1 Å². The fourth-order valence-corrected chi connectivity index (χ4v) is 10.9. The number of phenolic OH excluding ortho intramolecular Hbond substituents is 2. The lowest BCUT2D eigenvalue weighted by atomic mass is 9.99. The van der Waals surface area contributed by atoms with Crippen LogP contribution in [0.3, 0.4) is 0 Å². The molecule has 1 aliphatic rings. The maximum atomic E-state index is 16.0. The molecular weight excluding hydrogens is 1290 g/mol. The van der Waals surface area contributed by atoms with Gasteiger partial charge in [0.1, 0.15) is 71.9 Å². The summed E-state index contributed by atoms with van der Waals surface area (Å²) in [5, 5.41) is 75.0. The van der Waals surface area contributed by atoms with Crippen molar-refractivity contribution in [1.82, 2.24) is 67.7 Å². The molecule has 0 radical (unpaired) electrons. The number of benzene rings is 3. The first-order chi connectivity index (χ1) is 47.3. The van der Waals surface area contributed by atoms with E-state index in [4.69, 9.17) is 17.2 Å². The Bertz CT molecular complexity index is 3640. The highest BCUT2D eigenvalue weighted by atomic mass is 16.4. The summed E-state index contributed by atoms with van der Waals surface area (Å²) in [4.78, 5) is 190. The molecule has 3 aromatic carbocycles. The molecule has 10 unspecified atom stereocenters. The Morgan fingerprint density at radius 3 is 1.74 bits per heavy atom. The van der Waals surface area contributed by atoms with Gasteiger partial charge in [-0.15, -0.1) is 0 Å². The van der Waals surface area contributed by atoms with Crippen molar-refractivity contribution in [2.75, 3.05) is 26.3 Å². The molecule has 6 rings (SSSR count). The number of rotatable bonds is 29. The van der Waals surface area contributed by atoms with E-state index in [9.17, 15) is 59.1 Å². The summed E-state index contributed by atoms with van der Waals surface area (Å²) in [5.74, 6) is -15.2. The number of hydrogen-bond acceptors (Lipinski definition) is 19. The van der Waals surface area contributed by atoms with Gasteiger partial charge >= 0.3 is 5.97 Å². The third-order valence-corrected chi connectivity index (χ3v) is 16.1. The maximum absolute atomic E-state index is 16.0. The first-order valence-corrected chi connectivity index (χ1v) is 32.2. The van der Waals surface area contributed by atoms with Crippen LogP contribution in [-0.4, -0.2) is 209 Å². The number of aliphatic hydroxyl groups is 2. The molecule has 22 N–H and O–H groups in total. The van der Waals surface area contributed by atoms with Gasteiger partial charge in [0.2, 0.25) is 53.2 Å². The number of para-hydroxylation sites is 1. The predicted molar refractivity (Wildman–Crippen MR) is 355 cm³/mol. The normalized spacial score (nSPS) is 20.0. The second-order valence-corrected chi connectivity index (χ2v) is 23.7. The third kappa shape index (κ3) is 23.4. The van der Waals surface area contributed by atoms with E-state index >= 15 is 24.0 Å². The zero-order valence-electron chi connectivity index (χ0n) is 54.7. The van der Waals surface area contributed by atoms with Crippen molar-refractivity contribution in [2.24, 2.45) is 22.2 Å². The number of guanidine groups is 1. The van der Waals surface area contributed by atoms with Crippen LogP contribution in [0.15, 0.2) is 96.5 Å². The van der Waals surface area contributed by atoms with E-state index in [1.807, 2.05) is 0 Å². The molecule has 0 spiro atoms. The van der Waals surface area contributed by atoms with Crippen molar-refractivity contribution in [3.63, 3.8) is 0 Å². The molecule has 3 heterocycles. The number of aromatic amines is 2. The van der Waals surface area contributed by atoms with Crippen molar-refractivity contribution in [2.45, 2.75) is 158 Å². The zero-order valence-corrected chi connectivity index (χ0v) is 54.7. The van der Waals surface area contributed by atoms with E-state index in [0.29, 0.717) is 32.5 Å². The van der Waals surface area contributed by atoms with E-state index in [1.54, 1.807) is 37.4 Å². The number of aromatic hydroxyl groups is 2. The van der Waals surface area contributed by atoms with E-state index in [0.717, 1.165) is 6.92 Å². The van der Waals surface area contributed by atoms with Gasteiger partial charge in [-0.05, 0) is 92.1 Å². The lowest BCUT2D eigenvalue weighted by molar-refractivity contribution is -0.157. The highest BCUT2D eigenvalue weighted by molar-refractivity contribution is 6.07. The number of aliphatic hydroxyl groups excluding tert-OH is 2. The van der Waals surface area contributed by atoms with Gasteiger partial charge in [0, 0.05) is 68.1 Å². The Kier molecular flexibility index (Phi) is 29.6. The number of nitrogens with zero attached hydrogens (tertiary/aromatic N) is 3. The minimum atomic E-state index is -2.25. The Morgan fingerprint density at radius 2 is 1.15 bits per heavy atom. The van der Waals surface area contributed by atoms with Gasteiger partial charge in [0.25, 0.3) is 11.8 Å². The second-order valence-electron chi connectivity index (χ2n) is 23.7. The highest BCUT2D eigenvalue weighted by Crippen LogP contribution is 2.23. The number of carboxylic acid groups (broad SMARTS) is 1. The summed E-state index contributed by atoms with van der Waals surface area (Å²) in [6.07, 6.45) is 0.762. The van der Waals surface area contributed by atoms with Crippen LogP contribution in [0, 0.1) is 0 Å². The van der Waals surface area contributed by atoms with Gasteiger partial charge in [0.05, 0.1) is 26.0 Å². The highest BCUT2D eigenvalue weighted by Gasteiger charge is 2.44. The largest absolute Gasteiger partial charge is 0.508 e. The quantitative estimate of drug-likeness (QED) is 0.0126. The standard InChI is InChI=1S/C65H87N17O17/c1-3-4-14-53-62(97)80-50(29-54(88)89)60(95)79-49(28-39-31-69-34-72-39)59(94)76-46(25-36-15-19-40(86)20-16-36)56(91)74-44(13-9-24-70-65(67)68)55(90)78-48(27-38-30-71-43-11-6-5-10-42(38)43)58(93)75-45(12-7-8-23-66)63(98)82(53)64(99)52(33-84)81-57(92)47(26-37-17-21-41(87)22-18-37)77-61(96)51(32-83)73-35(2)85/h5-6,10-11,15-22,30-31,34,44-53,71,83-84,86-87H,3-4,7-9,12-14,23-29,32-33,66H2,1-2H3,(H,69,72)(H,73,85)(H,74,91)(H,75,93)(H,76,94)(H,77,96)(H,78,90)(H,79,95)(H,80,97)(H,81,92)(H,88,89)(H4,67,68,70). The number of carboxylic acids is 1. The van der Waals surface area contributed by atoms with Crippen molar-refractivity contribution in [1.29, 1.82) is 0 Å². The molecule has 99 heavy (non-hydrogen) atoms. The van der Waals surface area contributed by atoms with Crippen LogP contribution in [0.2, 0.25) is 0 Å². The van der Waals surface area contributed by atoms with Crippen LogP contribution in [0.25, 0.3) is 10.9 Å². The van der Waals surface area contributed by atoms with Crippen LogP contribution < -0.4 is 65.1 Å². The monoisotopic (exact) mass is 1380 g/mol. The van der Waals surface area contributed by atoms with E-state index in [1.165, 1.54) is 61.1 Å². The molecule has 11 amide bonds. The number of unbranched alkanes of at least 4 members (excludes halogenated alkanes) is 2. The minimum Gasteiger partial charge on any atom is -0.508 e. The lowest BCUT2D eigenvalue weighted by Gasteiger charge is -2.36. The molecule has 34 nitrogen and oxygen atoms in total. The second kappa shape index (κ2) is 38.1. The fraction of sp³-hybridized carbons (Fsp3) is 0.446. The van der Waals surface area contributed by atoms with Crippen LogP contribution in [-0.2, 0) is 83.2 Å². The Balaban J connectivity index is 1.57. The summed E-state index contributed by atoms with van der Waals surface area (Å²) in [5.41, 5.74) is 19.2. The average molecular weight is 1380 g/mol. The molecule has 5 aromatic rings. The summed E-state index contributed by atoms with van der Waals surface area (Å²) >= 11 is 0. The van der Waals surface area contributed by atoms with E-state index in [2.05, 4.69) is 67.8 Å². The van der Waals surface area contributed by atoms with Crippen molar-refractivity contribution >= 4 is 87.8 Å². The summed E-state index contributed by atoms with van der Waals surface area (Å²) < 4.78 is 0. The van der Waals surface area contributed by atoms with Gasteiger partial charge < -0.3 is 101 Å². The molecule has 1 fully saturated rings.